The molecule has 0 amide bonds. The van der Waals surface area contributed by atoms with Gasteiger partial charge in [0.2, 0.25) is 0 Å². The number of benzene rings is 2. The van der Waals surface area contributed by atoms with E-state index >= 15 is 0 Å². The Morgan fingerprint density at radius 1 is 0.864 bits per heavy atom. The molecule has 0 radical (unpaired) electrons. The van der Waals surface area contributed by atoms with Crippen LogP contribution in [0.4, 0.5) is 0 Å². The molecule has 118 valence electrons. The van der Waals surface area contributed by atoms with Crippen LogP contribution in [0.3, 0.4) is 0 Å². The molecule has 3 nitrogen and oxygen atoms in total. The Bertz CT molecular complexity index is 525. The Balaban J connectivity index is 1.99. The molecule has 0 bridgehead atoms. The second-order valence-corrected chi connectivity index (χ2v) is 5.54. The summed E-state index contributed by atoms with van der Waals surface area (Å²) in [7, 11) is 1.70. The molecule has 0 aliphatic carbocycles. The molecule has 22 heavy (non-hydrogen) atoms. The van der Waals surface area contributed by atoms with Crippen molar-refractivity contribution < 1.29 is 4.74 Å². The molecule has 0 saturated carbocycles. The number of methoxy groups -OCH3 is 1. The minimum absolute atomic E-state index is 0.766. The summed E-state index contributed by atoms with van der Waals surface area (Å²) in [5, 5.41) is 0. The summed E-state index contributed by atoms with van der Waals surface area (Å²) in [6.07, 6.45) is 2.22. The first kappa shape index (κ1) is 16.5. The van der Waals surface area contributed by atoms with E-state index in [1.54, 1.807) is 7.11 Å². The Hall–Kier alpha value is -1.84. The summed E-state index contributed by atoms with van der Waals surface area (Å²) >= 11 is 0. The number of hydrogen-bond donors (Lipinski definition) is 1. The zero-order valence-corrected chi connectivity index (χ0v) is 13.4. The highest BCUT2D eigenvalue weighted by molar-refractivity contribution is 5.27. The second kappa shape index (κ2) is 9.23. The molecule has 3 heteroatoms. The van der Waals surface area contributed by atoms with Crippen molar-refractivity contribution in [3.05, 3.63) is 65.7 Å². The smallest absolute Gasteiger partial charge is 0.118 e. The van der Waals surface area contributed by atoms with Gasteiger partial charge in [0, 0.05) is 13.1 Å². The largest absolute Gasteiger partial charge is 0.497 e. The van der Waals surface area contributed by atoms with E-state index < -0.39 is 0 Å². The molecule has 0 aromatic heterocycles. The van der Waals surface area contributed by atoms with Gasteiger partial charge in [0.25, 0.3) is 0 Å². The van der Waals surface area contributed by atoms with Crippen molar-refractivity contribution in [2.75, 3.05) is 20.2 Å². The molecule has 0 unspecified atom stereocenters. The third-order valence-electron chi connectivity index (χ3n) is 3.74. The van der Waals surface area contributed by atoms with Gasteiger partial charge in [-0.25, -0.2) is 0 Å². The molecule has 0 heterocycles. The maximum Gasteiger partial charge on any atom is 0.118 e. The second-order valence-electron chi connectivity index (χ2n) is 5.54. The van der Waals surface area contributed by atoms with Gasteiger partial charge in [-0.3, -0.25) is 4.90 Å². The van der Waals surface area contributed by atoms with E-state index in [1.807, 2.05) is 12.1 Å². The fourth-order valence-electron chi connectivity index (χ4n) is 2.52. The molecular weight excluding hydrogens is 272 g/mol. The molecule has 0 spiro atoms. The summed E-state index contributed by atoms with van der Waals surface area (Å²) in [4.78, 5) is 2.48. The highest BCUT2D eigenvalue weighted by atomic mass is 16.5. The van der Waals surface area contributed by atoms with Crippen LogP contribution in [0.5, 0.6) is 5.75 Å². The van der Waals surface area contributed by atoms with Gasteiger partial charge < -0.3 is 10.5 Å². The van der Waals surface area contributed by atoms with E-state index in [-0.39, 0.29) is 0 Å². The number of nitrogens with zero attached hydrogens (tertiary/aromatic N) is 1. The van der Waals surface area contributed by atoms with E-state index in [0.29, 0.717) is 0 Å². The first-order valence-electron chi connectivity index (χ1n) is 7.91. The Morgan fingerprint density at radius 3 is 2.09 bits per heavy atom. The zero-order chi connectivity index (χ0) is 15.6. The van der Waals surface area contributed by atoms with E-state index in [1.165, 1.54) is 11.1 Å². The van der Waals surface area contributed by atoms with Gasteiger partial charge in [-0.15, -0.1) is 0 Å². The van der Waals surface area contributed by atoms with E-state index in [4.69, 9.17) is 10.5 Å². The lowest BCUT2D eigenvalue weighted by Crippen LogP contribution is -2.24. The topological polar surface area (TPSA) is 38.5 Å². The minimum atomic E-state index is 0.766. The Morgan fingerprint density at radius 2 is 1.50 bits per heavy atom. The summed E-state index contributed by atoms with van der Waals surface area (Å²) < 4.78 is 5.22. The van der Waals surface area contributed by atoms with Crippen LogP contribution in [0.1, 0.15) is 24.0 Å². The lowest BCUT2D eigenvalue weighted by atomic mass is 10.1. The van der Waals surface area contributed by atoms with Gasteiger partial charge in [0.1, 0.15) is 5.75 Å². The standard InChI is InChI=1S/C19H26N2O/c1-22-19-11-9-18(10-12-19)16-21(14-6-5-13-20)15-17-7-3-2-4-8-17/h2-4,7-12H,5-6,13-16,20H2,1H3. The number of ether oxygens (including phenoxy) is 1. The summed E-state index contributed by atoms with van der Waals surface area (Å²) in [5.74, 6) is 0.904. The van der Waals surface area contributed by atoms with Crippen molar-refractivity contribution in [1.82, 2.24) is 4.90 Å². The summed E-state index contributed by atoms with van der Waals surface area (Å²) in [5.41, 5.74) is 8.28. The fourth-order valence-corrected chi connectivity index (χ4v) is 2.52. The van der Waals surface area contributed by atoms with Crippen LogP contribution in [0.15, 0.2) is 54.6 Å². The Labute approximate surface area is 133 Å². The fraction of sp³-hybridized carbons (Fsp3) is 0.368. The van der Waals surface area contributed by atoms with Crippen LogP contribution in [-0.4, -0.2) is 25.1 Å². The van der Waals surface area contributed by atoms with Crippen LogP contribution in [-0.2, 0) is 13.1 Å². The predicted octanol–water partition coefficient (Wildman–Crippen LogP) is 3.44. The molecule has 2 aromatic carbocycles. The lowest BCUT2D eigenvalue weighted by molar-refractivity contribution is 0.251. The van der Waals surface area contributed by atoms with Gasteiger partial charge in [-0.2, -0.15) is 0 Å². The molecule has 2 N–H and O–H groups in total. The van der Waals surface area contributed by atoms with Crippen molar-refractivity contribution >= 4 is 0 Å². The predicted molar refractivity (Wildman–Crippen MR) is 91.8 cm³/mol. The molecule has 0 saturated heterocycles. The first-order valence-corrected chi connectivity index (χ1v) is 7.91. The number of unbranched alkanes of at least 4 members (excludes halogenated alkanes) is 1. The molecule has 2 rings (SSSR count). The summed E-state index contributed by atoms with van der Waals surface area (Å²) in [6.45, 7) is 3.75. The lowest BCUT2D eigenvalue weighted by Gasteiger charge is -2.22. The molecule has 0 fully saturated rings. The van der Waals surface area contributed by atoms with Gasteiger partial charge in [-0.1, -0.05) is 42.5 Å². The Kier molecular flexibility index (Phi) is 6.94. The van der Waals surface area contributed by atoms with Crippen molar-refractivity contribution in [2.45, 2.75) is 25.9 Å². The normalized spacial score (nSPS) is 10.9. The van der Waals surface area contributed by atoms with Crippen molar-refractivity contribution in [3.8, 4) is 5.75 Å². The third kappa shape index (κ3) is 5.51. The molecule has 0 aliphatic heterocycles. The van der Waals surface area contributed by atoms with Crippen LogP contribution < -0.4 is 10.5 Å². The van der Waals surface area contributed by atoms with Crippen molar-refractivity contribution in [3.63, 3.8) is 0 Å². The van der Waals surface area contributed by atoms with E-state index in [0.717, 1.165) is 44.8 Å². The zero-order valence-electron chi connectivity index (χ0n) is 13.4. The average Bonchev–Trinajstić information content (AvgIpc) is 2.56. The molecule has 0 atom stereocenters. The van der Waals surface area contributed by atoms with Gasteiger partial charge >= 0.3 is 0 Å². The molecule has 2 aromatic rings. The van der Waals surface area contributed by atoms with E-state index in [2.05, 4.69) is 47.4 Å². The van der Waals surface area contributed by atoms with Gasteiger partial charge in [0.05, 0.1) is 7.11 Å². The van der Waals surface area contributed by atoms with Crippen LogP contribution in [0, 0.1) is 0 Å². The SMILES string of the molecule is COc1ccc(CN(CCCCN)Cc2ccccc2)cc1. The average molecular weight is 298 g/mol. The van der Waals surface area contributed by atoms with Crippen LogP contribution in [0.25, 0.3) is 0 Å². The van der Waals surface area contributed by atoms with Crippen molar-refractivity contribution in [1.29, 1.82) is 0 Å². The van der Waals surface area contributed by atoms with Gasteiger partial charge in [0.15, 0.2) is 0 Å². The quantitative estimate of drug-likeness (QED) is 0.721. The number of rotatable bonds is 9. The number of hydrogen-bond acceptors (Lipinski definition) is 3. The van der Waals surface area contributed by atoms with Crippen LogP contribution >= 0.6 is 0 Å². The van der Waals surface area contributed by atoms with Gasteiger partial charge in [-0.05, 0) is 49.2 Å². The highest BCUT2D eigenvalue weighted by Gasteiger charge is 2.07. The maximum absolute atomic E-state index is 5.62. The molecule has 0 aliphatic rings. The maximum atomic E-state index is 5.62. The van der Waals surface area contributed by atoms with E-state index in [9.17, 15) is 0 Å². The van der Waals surface area contributed by atoms with Crippen molar-refractivity contribution in [2.24, 2.45) is 5.73 Å². The highest BCUT2D eigenvalue weighted by Crippen LogP contribution is 2.15. The third-order valence-corrected chi connectivity index (χ3v) is 3.74. The minimum Gasteiger partial charge on any atom is -0.497 e. The van der Waals surface area contributed by atoms with Crippen LogP contribution in [0.2, 0.25) is 0 Å². The monoisotopic (exact) mass is 298 g/mol. The first-order chi connectivity index (χ1) is 10.8. The summed E-state index contributed by atoms with van der Waals surface area (Å²) in [6, 6.07) is 19.0. The number of nitrogens with two attached hydrogens (primary N) is 1. The molecular formula is C19H26N2O.